The minimum Gasteiger partial charge on any atom is -0.259 e. The van der Waals surface area contributed by atoms with E-state index >= 15 is 0 Å². The molecule has 60 valence electrons. The highest BCUT2D eigenvalue weighted by molar-refractivity contribution is 9.09. The largest absolute Gasteiger partial charge is 0.259 e. The Bertz CT molecular complexity index is 233. The first-order chi connectivity index (χ1) is 5.24. The summed E-state index contributed by atoms with van der Waals surface area (Å²) in [7, 11) is 0. The van der Waals surface area contributed by atoms with Crippen molar-refractivity contribution < 1.29 is 4.92 Å². The molecule has 0 atom stereocenters. The molecule has 1 aliphatic carbocycles. The molecule has 0 aromatic carbocycles. The van der Waals surface area contributed by atoms with Gasteiger partial charge >= 0.3 is 0 Å². The fraction of sp³-hybridized carbons (Fsp3) is 0.429. The van der Waals surface area contributed by atoms with Crippen LogP contribution in [0.1, 0.15) is 12.8 Å². The highest BCUT2D eigenvalue weighted by atomic mass is 79.9. The van der Waals surface area contributed by atoms with E-state index in [9.17, 15) is 10.1 Å². The second kappa shape index (κ2) is 3.67. The average Bonchev–Trinajstić information content (AvgIpc) is 2.05. The molecule has 11 heavy (non-hydrogen) atoms. The first-order valence-electron chi connectivity index (χ1n) is 3.33. The lowest BCUT2D eigenvalue weighted by atomic mass is 10.0. The van der Waals surface area contributed by atoms with Gasteiger partial charge in [-0.1, -0.05) is 27.6 Å². The number of hydrogen-bond acceptors (Lipinski definition) is 2. The Hall–Kier alpha value is -0.640. The number of halogens is 1. The third kappa shape index (κ3) is 2.15. The SMILES string of the molecule is O=[N+]([O-])C1=CC=C(CBr)CC1. The van der Waals surface area contributed by atoms with Crippen LogP contribution >= 0.6 is 15.9 Å². The van der Waals surface area contributed by atoms with Crippen LogP contribution in [0.3, 0.4) is 0 Å². The quantitative estimate of drug-likeness (QED) is 0.405. The van der Waals surface area contributed by atoms with Crippen molar-refractivity contribution in [1.82, 2.24) is 0 Å². The summed E-state index contributed by atoms with van der Waals surface area (Å²) in [6.45, 7) is 0. The number of rotatable bonds is 2. The van der Waals surface area contributed by atoms with Crippen LogP contribution in [0.5, 0.6) is 0 Å². The smallest absolute Gasteiger partial charge is 0.246 e. The molecule has 1 aliphatic rings. The summed E-state index contributed by atoms with van der Waals surface area (Å²) >= 11 is 3.30. The summed E-state index contributed by atoms with van der Waals surface area (Å²) in [4.78, 5) is 9.93. The molecule has 0 radical (unpaired) electrons. The molecule has 0 aromatic rings. The number of alkyl halides is 1. The molecule has 1 rings (SSSR count). The van der Waals surface area contributed by atoms with Gasteiger partial charge in [-0.15, -0.1) is 0 Å². The summed E-state index contributed by atoms with van der Waals surface area (Å²) < 4.78 is 0. The van der Waals surface area contributed by atoms with Crippen molar-refractivity contribution in [3.8, 4) is 0 Å². The predicted octanol–water partition coefficient (Wildman–Crippen LogP) is 2.26. The van der Waals surface area contributed by atoms with E-state index in [2.05, 4.69) is 15.9 Å². The van der Waals surface area contributed by atoms with Crippen molar-refractivity contribution in [3.63, 3.8) is 0 Å². The molecule has 0 fully saturated rings. The first kappa shape index (κ1) is 8.46. The van der Waals surface area contributed by atoms with Gasteiger partial charge in [-0.3, -0.25) is 10.1 Å². The van der Waals surface area contributed by atoms with Gasteiger partial charge in [0.25, 0.3) is 0 Å². The van der Waals surface area contributed by atoms with Crippen molar-refractivity contribution in [2.24, 2.45) is 0 Å². The van der Waals surface area contributed by atoms with Gasteiger partial charge in [0.1, 0.15) is 0 Å². The summed E-state index contributed by atoms with van der Waals surface area (Å²) in [6.07, 6.45) is 4.76. The van der Waals surface area contributed by atoms with E-state index in [1.54, 1.807) is 6.08 Å². The minimum atomic E-state index is -0.318. The van der Waals surface area contributed by atoms with Crippen LogP contribution in [0.15, 0.2) is 23.4 Å². The lowest BCUT2D eigenvalue weighted by Gasteiger charge is -2.05. The van der Waals surface area contributed by atoms with Gasteiger partial charge in [-0.25, -0.2) is 0 Å². The van der Waals surface area contributed by atoms with E-state index in [4.69, 9.17) is 0 Å². The lowest BCUT2D eigenvalue weighted by Crippen LogP contribution is -2.02. The molecule has 0 saturated carbocycles. The first-order valence-corrected chi connectivity index (χ1v) is 4.45. The molecule has 0 heterocycles. The number of allylic oxidation sites excluding steroid dienone is 4. The van der Waals surface area contributed by atoms with E-state index in [0.29, 0.717) is 12.1 Å². The lowest BCUT2D eigenvalue weighted by molar-refractivity contribution is -0.428. The Labute approximate surface area is 73.1 Å². The molecular weight excluding hydrogens is 210 g/mol. The number of nitro groups is 1. The Kier molecular flexibility index (Phi) is 2.82. The van der Waals surface area contributed by atoms with Gasteiger partial charge in [-0.2, -0.15) is 0 Å². The van der Waals surface area contributed by atoms with E-state index in [0.717, 1.165) is 11.8 Å². The zero-order chi connectivity index (χ0) is 8.27. The molecule has 0 aromatic heterocycles. The van der Waals surface area contributed by atoms with E-state index in [1.165, 1.54) is 5.57 Å². The second-order valence-corrected chi connectivity index (χ2v) is 2.93. The van der Waals surface area contributed by atoms with Gasteiger partial charge in [0.2, 0.25) is 5.70 Å². The standard InChI is InChI=1S/C7H8BrNO2/c8-5-6-1-3-7(4-2-6)9(10)11/h1,3H,2,4-5H2. The van der Waals surface area contributed by atoms with Gasteiger partial charge in [0, 0.05) is 17.8 Å². The second-order valence-electron chi connectivity index (χ2n) is 2.37. The Balaban J connectivity index is 2.69. The molecule has 3 nitrogen and oxygen atoms in total. The maximum absolute atomic E-state index is 10.2. The molecule has 0 spiro atoms. The van der Waals surface area contributed by atoms with Gasteiger partial charge < -0.3 is 0 Å². The zero-order valence-electron chi connectivity index (χ0n) is 5.92. The molecule has 4 heteroatoms. The summed E-state index contributed by atoms with van der Waals surface area (Å²) in [6, 6.07) is 0. The van der Waals surface area contributed by atoms with Crippen molar-refractivity contribution in [1.29, 1.82) is 0 Å². The molecule has 0 bridgehead atoms. The van der Waals surface area contributed by atoms with E-state index in [1.807, 2.05) is 6.08 Å². The molecular formula is C7H8BrNO2. The van der Waals surface area contributed by atoms with Crippen LogP contribution in [-0.4, -0.2) is 10.3 Å². The average molecular weight is 218 g/mol. The summed E-state index contributed by atoms with van der Waals surface area (Å²) in [5, 5.41) is 11.1. The van der Waals surface area contributed by atoms with Crippen LogP contribution in [0.2, 0.25) is 0 Å². The Morgan fingerprint density at radius 1 is 1.55 bits per heavy atom. The molecule has 0 aliphatic heterocycles. The van der Waals surface area contributed by atoms with Crippen LogP contribution in [-0.2, 0) is 0 Å². The normalized spacial score (nSPS) is 17.2. The third-order valence-electron chi connectivity index (χ3n) is 1.62. The molecule has 0 unspecified atom stereocenters. The number of nitrogens with zero attached hydrogens (tertiary/aromatic N) is 1. The summed E-state index contributed by atoms with van der Waals surface area (Å²) in [5.74, 6) is 0. The highest BCUT2D eigenvalue weighted by Crippen LogP contribution is 2.19. The molecule has 0 saturated heterocycles. The van der Waals surface area contributed by atoms with Crippen molar-refractivity contribution in [2.75, 3.05) is 5.33 Å². The molecule has 0 amide bonds. The topological polar surface area (TPSA) is 43.1 Å². The maximum atomic E-state index is 10.2. The van der Waals surface area contributed by atoms with Gasteiger partial charge in [0.05, 0.1) is 4.92 Å². The van der Waals surface area contributed by atoms with Gasteiger partial charge in [-0.05, 0) is 6.42 Å². The van der Waals surface area contributed by atoms with Crippen LogP contribution < -0.4 is 0 Å². The number of hydrogen-bond donors (Lipinski definition) is 0. The minimum absolute atomic E-state index is 0.315. The Morgan fingerprint density at radius 2 is 2.27 bits per heavy atom. The fourth-order valence-electron chi connectivity index (χ4n) is 0.933. The zero-order valence-corrected chi connectivity index (χ0v) is 7.50. The van der Waals surface area contributed by atoms with Crippen molar-refractivity contribution in [2.45, 2.75) is 12.8 Å². The highest BCUT2D eigenvalue weighted by Gasteiger charge is 2.13. The summed E-state index contributed by atoms with van der Waals surface area (Å²) in [5.41, 5.74) is 1.53. The molecule has 0 N–H and O–H groups in total. The van der Waals surface area contributed by atoms with Crippen molar-refractivity contribution in [3.05, 3.63) is 33.5 Å². The fourth-order valence-corrected chi connectivity index (χ4v) is 1.40. The monoisotopic (exact) mass is 217 g/mol. The van der Waals surface area contributed by atoms with E-state index < -0.39 is 0 Å². The predicted molar refractivity (Wildman–Crippen MR) is 46.2 cm³/mol. The van der Waals surface area contributed by atoms with Gasteiger partial charge in [0.15, 0.2) is 0 Å². The van der Waals surface area contributed by atoms with E-state index in [-0.39, 0.29) is 4.92 Å². The van der Waals surface area contributed by atoms with Crippen LogP contribution in [0, 0.1) is 10.1 Å². The van der Waals surface area contributed by atoms with Crippen molar-refractivity contribution >= 4 is 15.9 Å². The Morgan fingerprint density at radius 3 is 2.64 bits per heavy atom. The van der Waals surface area contributed by atoms with Crippen LogP contribution in [0.4, 0.5) is 0 Å². The maximum Gasteiger partial charge on any atom is 0.246 e. The van der Waals surface area contributed by atoms with Crippen LogP contribution in [0.25, 0.3) is 0 Å². The third-order valence-corrected chi connectivity index (χ3v) is 2.34.